The fraction of sp³-hybridized carbons (Fsp3) is 0.450. The van der Waals surface area contributed by atoms with E-state index in [1.165, 1.54) is 11.1 Å². The highest BCUT2D eigenvalue weighted by molar-refractivity contribution is 14.0. The molecule has 0 aliphatic rings. The van der Waals surface area contributed by atoms with Crippen molar-refractivity contribution < 1.29 is 9.47 Å². The fourth-order valence-electron chi connectivity index (χ4n) is 2.78. The van der Waals surface area contributed by atoms with Crippen molar-refractivity contribution >= 4 is 41.3 Å². The molecule has 0 radical (unpaired) electrons. The number of nitrogens with one attached hydrogen (secondary N) is 1. The SMILES string of the molecule is CN=C(NCC(C)(C)c1ccc(OC)c(OC)c1)N(C)Cc1ccsc1.I. The van der Waals surface area contributed by atoms with Gasteiger partial charge in [0.2, 0.25) is 0 Å². The van der Waals surface area contributed by atoms with Crippen LogP contribution in [-0.4, -0.2) is 45.7 Å². The van der Waals surface area contributed by atoms with Crippen molar-refractivity contribution in [3.05, 3.63) is 46.2 Å². The molecule has 1 aromatic heterocycles. The molecule has 2 aromatic rings. The number of ether oxygens (including phenoxy) is 2. The largest absolute Gasteiger partial charge is 0.493 e. The van der Waals surface area contributed by atoms with Crippen LogP contribution in [0.1, 0.15) is 25.0 Å². The maximum absolute atomic E-state index is 5.44. The fourth-order valence-corrected chi connectivity index (χ4v) is 3.44. The van der Waals surface area contributed by atoms with Crippen LogP contribution in [-0.2, 0) is 12.0 Å². The van der Waals surface area contributed by atoms with Crippen molar-refractivity contribution in [1.29, 1.82) is 0 Å². The first kappa shape index (κ1) is 23.6. The Morgan fingerprint density at radius 2 is 1.89 bits per heavy atom. The predicted octanol–water partition coefficient (Wildman–Crippen LogP) is 4.37. The van der Waals surface area contributed by atoms with E-state index in [9.17, 15) is 0 Å². The van der Waals surface area contributed by atoms with Crippen LogP contribution in [0.5, 0.6) is 11.5 Å². The Balaban J connectivity index is 0.00000364. The Morgan fingerprint density at radius 3 is 2.44 bits per heavy atom. The molecule has 0 amide bonds. The summed E-state index contributed by atoms with van der Waals surface area (Å²) >= 11 is 1.71. The van der Waals surface area contributed by atoms with E-state index in [0.29, 0.717) is 0 Å². The summed E-state index contributed by atoms with van der Waals surface area (Å²) in [6.45, 7) is 5.99. The van der Waals surface area contributed by atoms with E-state index in [0.717, 1.165) is 30.5 Å². The van der Waals surface area contributed by atoms with Gasteiger partial charge in [-0.1, -0.05) is 19.9 Å². The summed E-state index contributed by atoms with van der Waals surface area (Å²) < 4.78 is 10.8. The number of hydrogen-bond donors (Lipinski definition) is 1. The summed E-state index contributed by atoms with van der Waals surface area (Å²) in [5.41, 5.74) is 2.37. The smallest absolute Gasteiger partial charge is 0.193 e. The van der Waals surface area contributed by atoms with Crippen LogP contribution in [0, 0.1) is 0 Å². The second-order valence-electron chi connectivity index (χ2n) is 6.84. The van der Waals surface area contributed by atoms with Crippen LogP contribution in [0.3, 0.4) is 0 Å². The van der Waals surface area contributed by atoms with Gasteiger partial charge in [0.25, 0.3) is 0 Å². The van der Waals surface area contributed by atoms with Gasteiger partial charge in [-0.3, -0.25) is 4.99 Å². The molecule has 1 heterocycles. The third kappa shape index (κ3) is 6.27. The van der Waals surface area contributed by atoms with E-state index in [-0.39, 0.29) is 29.4 Å². The molecule has 27 heavy (non-hydrogen) atoms. The topological polar surface area (TPSA) is 46.1 Å². The number of nitrogens with zero attached hydrogens (tertiary/aromatic N) is 2. The molecule has 1 N–H and O–H groups in total. The molecule has 0 fully saturated rings. The minimum atomic E-state index is -0.0985. The number of halogens is 1. The van der Waals surface area contributed by atoms with Crippen molar-refractivity contribution in [1.82, 2.24) is 10.2 Å². The molecule has 2 rings (SSSR count). The van der Waals surface area contributed by atoms with Crippen LogP contribution < -0.4 is 14.8 Å². The first-order valence-electron chi connectivity index (χ1n) is 8.56. The summed E-state index contributed by atoms with van der Waals surface area (Å²) in [5, 5.41) is 7.75. The first-order chi connectivity index (χ1) is 12.4. The molecule has 0 atom stereocenters. The molecule has 0 spiro atoms. The van der Waals surface area contributed by atoms with Crippen LogP contribution in [0.4, 0.5) is 0 Å². The van der Waals surface area contributed by atoms with Gasteiger partial charge < -0.3 is 19.7 Å². The van der Waals surface area contributed by atoms with Crippen molar-refractivity contribution in [3.63, 3.8) is 0 Å². The lowest BCUT2D eigenvalue weighted by Crippen LogP contribution is -2.44. The maximum Gasteiger partial charge on any atom is 0.193 e. The van der Waals surface area contributed by atoms with E-state index in [1.807, 2.05) is 19.2 Å². The summed E-state index contributed by atoms with van der Waals surface area (Å²) in [7, 11) is 7.18. The van der Waals surface area contributed by atoms with Gasteiger partial charge in [-0.25, -0.2) is 0 Å². The lowest BCUT2D eigenvalue weighted by molar-refractivity contribution is 0.353. The van der Waals surface area contributed by atoms with Crippen LogP contribution >= 0.6 is 35.3 Å². The highest BCUT2D eigenvalue weighted by atomic mass is 127. The van der Waals surface area contributed by atoms with Gasteiger partial charge in [-0.15, -0.1) is 24.0 Å². The zero-order valence-electron chi connectivity index (χ0n) is 16.9. The molecule has 0 saturated carbocycles. The third-order valence-corrected chi connectivity index (χ3v) is 5.16. The summed E-state index contributed by atoms with van der Waals surface area (Å²) in [6.07, 6.45) is 0. The zero-order chi connectivity index (χ0) is 19.2. The van der Waals surface area contributed by atoms with Gasteiger partial charge in [0, 0.05) is 32.6 Å². The van der Waals surface area contributed by atoms with E-state index < -0.39 is 0 Å². The number of methoxy groups -OCH3 is 2. The molecule has 0 aliphatic heterocycles. The second-order valence-corrected chi connectivity index (χ2v) is 7.62. The van der Waals surface area contributed by atoms with Crippen LogP contribution in [0.25, 0.3) is 0 Å². The average Bonchev–Trinajstić information content (AvgIpc) is 3.14. The molecular weight excluding hydrogens is 473 g/mol. The van der Waals surface area contributed by atoms with Gasteiger partial charge in [-0.2, -0.15) is 11.3 Å². The summed E-state index contributed by atoms with van der Waals surface area (Å²) in [6, 6.07) is 8.22. The number of thiophene rings is 1. The lowest BCUT2D eigenvalue weighted by atomic mass is 9.84. The number of hydrogen-bond acceptors (Lipinski definition) is 4. The molecule has 1 aromatic carbocycles. The monoisotopic (exact) mass is 503 g/mol. The highest BCUT2D eigenvalue weighted by Gasteiger charge is 2.23. The first-order valence-corrected chi connectivity index (χ1v) is 9.51. The number of guanidine groups is 1. The maximum atomic E-state index is 5.44. The molecule has 0 aliphatic carbocycles. The average molecular weight is 503 g/mol. The summed E-state index contributed by atoms with van der Waals surface area (Å²) in [5.74, 6) is 2.37. The summed E-state index contributed by atoms with van der Waals surface area (Å²) in [4.78, 5) is 6.55. The third-order valence-electron chi connectivity index (χ3n) is 4.43. The Labute approximate surface area is 183 Å². The number of aliphatic imine (C=N–C) groups is 1. The van der Waals surface area contributed by atoms with Crippen molar-refractivity contribution in [2.24, 2.45) is 4.99 Å². The molecule has 0 saturated heterocycles. The normalized spacial score (nSPS) is 11.6. The van der Waals surface area contributed by atoms with Gasteiger partial charge in [0.1, 0.15) is 0 Å². The van der Waals surface area contributed by atoms with Gasteiger partial charge in [0.15, 0.2) is 17.5 Å². The van der Waals surface area contributed by atoms with Gasteiger partial charge in [-0.05, 0) is 40.1 Å². The van der Waals surface area contributed by atoms with Crippen LogP contribution in [0.15, 0.2) is 40.0 Å². The number of rotatable bonds is 7. The standard InChI is InChI=1S/C20H29N3O2S.HI/c1-20(2,16-7-8-17(24-5)18(11-16)25-6)14-22-19(21-3)23(4)12-15-9-10-26-13-15;/h7-11,13H,12,14H2,1-6H3,(H,21,22);1H. The minimum Gasteiger partial charge on any atom is -0.493 e. The molecule has 0 bridgehead atoms. The number of benzene rings is 1. The highest BCUT2D eigenvalue weighted by Crippen LogP contribution is 2.32. The molecular formula is C20H30IN3O2S. The lowest BCUT2D eigenvalue weighted by Gasteiger charge is -2.29. The van der Waals surface area contributed by atoms with E-state index in [2.05, 4.69) is 59.0 Å². The van der Waals surface area contributed by atoms with Crippen molar-refractivity contribution in [3.8, 4) is 11.5 Å². The molecule has 5 nitrogen and oxygen atoms in total. The molecule has 150 valence electrons. The van der Waals surface area contributed by atoms with Gasteiger partial charge >= 0.3 is 0 Å². The Morgan fingerprint density at radius 1 is 1.19 bits per heavy atom. The van der Waals surface area contributed by atoms with Gasteiger partial charge in [0.05, 0.1) is 14.2 Å². The second kappa shape index (κ2) is 10.8. The Kier molecular flexibility index (Phi) is 9.38. The Hall–Kier alpha value is -1.48. The zero-order valence-corrected chi connectivity index (χ0v) is 20.1. The van der Waals surface area contributed by atoms with E-state index >= 15 is 0 Å². The van der Waals surface area contributed by atoms with Crippen molar-refractivity contribution in [2.45, 2.75) is 25.8 Å². The minimum absolute atomic E-state index is 0. The Bertz CT molecular complexity index is 733. The quantitative estimate of drug-likeness (QED) is 0.347. The molecule has 0 unspecified atom stereocenters. The van der Waals surface area contributed by atoms with E-state index in [1.54, 1.807) is 25.6 Å². The van der Waals surface area contributed by atoms with E-state index in [4.69, 9.17) is 9.47 Å². The molecule has 7 heteroatoms. The van der Waals surface area contributed by atoms with Crippen molar-refractivity contribution in [2.75, 3.05) is 34.9 Å². The van der Waals surface area contributed by atoms with Crippen LogP contribution in [0.2, 0.25) is 0 Å². The predicted molar refractivity (Wildman–Crippen MR) is 125 cm³/mol.